The first kappa shape index (κ1) is 19.0. The van der Waals surface area contributed by atoms with Gasteiger partial charge in [0.2, 0.25) is 10.0 Å². The van der Waals surface area contributed by atoms with Gasteiger partial charge in [-0.15, -0.1) is 0 Å². The zero-order chi connectivity index (χ0) is 18.3. The Kier molecular flexibility index (Phi) is 4.88. The second-order valence-electron chi connectivity index (χ2n) is 6.42. The average molecular weight is 373 g/mol. The van der Waals surface area contributed by atoms with E-state index in [4.69, 9.17) is 5.11 Å². The minimum absolute atomic E-state index is 0.123. The molecule has 24 heavy (non-hydrogen) atoms. The lowest BCUT2D eigenvalue weighted by atomic mass is 9.96. The standard InChI is InChI=1S/C13H18F3NO6S/c1-23-10(18)4-12(2-3-12)7-24(21,22)17-5-8(11(19)20)9(6-17)13(14,15)16/h8-9H,2-7H2,1H3,(H,19,20)/t8-,9-/m1/s1. The van der Waals surface area contributed by atoms with Crippen LogP contribution in [0.25, 0.3) is 0 Å². The van der Waals surface area contributed by atoms with Gasteiger partial charge in [-0.1, -0.05) is 0 Å². The van der Waals surface area contributed by atoms with Crippen molar-refractivity contribution in [3.05, 3.63) is 0 Å². The van der Waals surface area contributed by atoms with Gasteiger partial charge >= 0.3 is 18.1 Å². The number of hydrogen-bond acceptors (Lipinski definition) is 5. The van der Waals surface area contributed by atoms with Crippen LogP contribution < -0.4 is 0 Å². The molecular weight excluding hydrogens is 355 g/mol. The number of aliphatic carboxylic acids is 1. The summed E-state index contributed by atoms with van der Waals surface area (Å²) in [4.78, 5) is 22.4. The third kappa shape index (κ3) is 4.00. The highest BCUT2D eigenvalue weighted by Crippen LogP contribution is 2.51. The highest BCUT2D eigenvalue weighted by Gasteiger charge is 2.56. The van der Waals surface area contributed by atoms with Gasteiger partial charge in [0.25, 0.3) is 0 Å². The number of carboxylic acids is 1. The number of ether oxygens (including phenoxy) is 1. The summed E-state index contributed by atoms with van der Waals surface area (Å²) in [6, 6.07) is 0. The summed E-state index contributed by atoms with van der Waals surface area (Å²) >= 11 is 0. The van der Waals surface area contributed by atoms with E-state index in [2.05, 4.69) is 4.74 Å². The number of sulfonamides is 1. The van der Waals surface area contributed by atoms with Crippen LogP contribution in [0.4, 0.5) is 13.2 Å². The summed E-state index contributed by atoms with van der Waals surface area (Å²) < 4.78 is 68.8. The molecular formula is C13H18F3NO6S. The number of methoxy groups -OCH3 is 1. The molecule has 2 fully saturated rings. The number of carbonyl (C=O) groups is 2. The van der Waals surface area contributed by atoms with Crippen molar-refractivity contribution in [2.24, 2.45) is 17.3 Å². The van der Waals surface area contributed by atoms with Crippen molar-refractivity contribution >= 4 is 22.0 Å². The number of hydrogen-bond donors (Lipinski definition) is 1. The Hall–Kier alpha value is -1.36. The maximum absolute atomic E-state index is 13.0. The molecule has 0 aromatic heterocycles. The number of halogens is 3. The van der Waals surface area contributed by atoms with E-state index in [1.807, 2.05) is 0 Å². The Morgan fingerprint density at radius 2 is 1.88 bits per heavy atom. The van der Waals surface area contributed by atoms with Crippen LogP contribution in [-0.4, -0.2) is 61.9 Å². The second-order valence-corrected chi connectivity index (χ2v) is 8.39. The Morgan fingerprint density at radius 3 is 2.25 bits per heavy atom. The molecule has 0 aromatic rings. The molecule has 2 aliphatic rings. The molecule has 1 saturated heterocycles. The molecule has 7 nitrogen and oxygen atoms in total. The van der Waals surface area contributed by atoms with E-state index in [1.165, 1.54) is 7.11 Å². The molecule has 0 radical (unpaired) electrons. The number of carboxylic acid groups (broad SMARTS) is 1. The average Bonchev–Trinajstić information content (AvgIpc) is 3.01. The molecule has 1 N–H and O–H groups in total. The molecule has 1 saturated carbocycles. The van der Waals surface area contributed by atoms with Gasteiger partial charge in [-0.25, -0.2) is 12.7 Å². The SMILES string of the molecule is COC(=O)CC1(CS(=O)(=O)N2C[C@@H](C(F)(F)F)[C@H](C(=O)O)C2)CC1. The molecule has 0 spiro atoms. The van der Waals surface area contributed by atoms with Crippen molar-refractivity contribution < 1.29 is 41.0 Å². The van der Waals surface area contributed by atoms with Crippen LogP contribution in [0.3, 0.4) is 0 Å². The predicted octanol–water partition coefficient (Wildman–Crippen LogP) is 0.854. The van der Waals surface area contributed by atoms with Crippen LogP contribution in [0.2, 0.25) is 0 Å². The van der Waals surface area contributed by atoms with Crippen molar-refractivity contribution in [2.45, 2.75) is 25.4 Å². The maximum atomic E-state index is 13.0. The van der Waals surface area contributed by atoms with Crippen molar-refractivity contribution in [1.82, 2.24) is 4.31 Å². The van der Waals surface area contributed by atoms with Gasteiger partial charge < -0.3 is 9.84 Å². The molecule has 1 aliphatic carbocycles. The van der Waals surface area contributed by atoms with E-state index < -0.39 is 64.2 Å². The minimum Gasteiger partial charge on any atom is -0.481 e. The third-order valence-corrected chi connectivity index (χ3v) is 6.67. The van der Waals surface area contributed by atoms with Crippen molar-refractivity contribution in [2.75, 3.05) is 26.0 Å². The van der Waals surface area contributed by atoms with Gasteiger partial charge in [0.1, 0.15) is 0 Å². The summed E-state index contributed by atoms with van der Waals surface area (Å²) in [5.74, 6) is -6.80. The zero-order valence-corrected chi connectivity index (χ0v) is 13.7. The first-order valence-corrected chi connectivity index (χ1v) is 8.85. The summed E-state index contributed by atoms with van der Waals surface area (Å²) in [5, 5.41) is 8.94. The van der Waals surface area contributed by atoms with Gasteiger partial charge in [-0.05, 0) is 18.3 Å². The fourth-order valence-electron chi connectivity index (χ4n) is 2.98. The van der Waals surface area contributed by atoms with E-state index in [9.17, 15) is 31.2 Å². The number of rotatable bonds is 6. The van der Waals surface area contributed by atoms with Crippen molar-refractivity contribution in [1.29, 1.82) is 0 Å². The van der Waals surface area contributed by atoms with Crippen LogP contribution in [0.1, 0.15) is 19.3 Å². The van der Waals surface area contributed by atoms with Gasteiger partial charge in [0.05, 0.1) is 31.1 Å². The van der Waals surface area contributed by atoms with Crippen LogP contribution in [0.15, 0.2) is 0 Å². The minimum atomic E-state index is -4.80. The van der Waals surface area contributed by atoms with Crippen LogP contribution in [0, 0.1) is 17.3 Å². The topological polar surface area (TPSA) is 101 Å². The highest BCUT2D eigenvalue weighted by atomic mass is 32.2. The summed E-state index contributed by atoms with van der Waals surface area (Å²) in [6.45, 7) is -1.62. The smallest absolute Gasteiger partial charge is 0.393 e. The summed E-state index contributed by atoms with van der Waals surface area (Å²) in [6.07, 6.45) is -4.00. The van der Waals surface area contributed by atoms with E-state index in [0.717, 1.165) is 0 Å². The molecule has 1 aliphatic heterocycles. The normalized spacial score (nSPS) is 27.0. The Bertz CT molecular complexity index is 628. The monoisotopic (exact) mass is 373 g/mol. The van der Waals surface area contributed by atoms with Gasteiger partial charge in [-0.3, -0.25) is 9.59 Å². The predicted molar refractivity (Wildman–Crippen MR) is 74.3 cm³/mol. The third-order valence-electron chi connectivity index (χ3n) is 4.61. The maximum Gasteiger partial charge on any atom is 0.393 e. The van der Waals surface area contributed by atoms with E-state index in [-0.39, 0.29) is 6.42 Å². The quantitative estimate of drug-likeness (QED) is 0.693. The highest BCUT2D eigenvalue weighted by molar-refractivity contribution is 7.89. The molecule has 2 rings (SSSR count). The fraction of sp³-hybridized carbons (Fsp3) is 0.846. The molecule has 11 heteroatoms. The molecule has 0 aromatic carbocycles. The van der Waals surface area contributed by atoms with Gasteiger partial charge in [0.15, 0.2) is 0 Å². The van der Waals surface area contributed by atoms with Crippen LogP contribution in [0.5, 0.6) is 0 Å². The first-order chi connectivity index (χ1) is 10.9. The first-order valence-electron chi connectivity index (χ1n) is 7.24. The number of carbonyl (C=O) groups excluding carboxylic acids is 1. The van der Waals surface area contributed by atoms with E-state index in [1.54, 1.807) is 0 Å². The largest absolute Gasteiger partial charge is 0.481 e. The summed E-state index contributed by atoms with van der Waals surface area (Å²) in [5.41, 5.74) is -0.818. The zero-order valence-electron chi connectivity index (χ0n) is 12.9. The number of nitrogens with zero attached hydrogens (tertiary/aromatic N) is 1. The lowest BCUT2D eigenvalue weighted by molar-refractivity contribution is -0.187. The summed E-state index contributed by atoms with van der Waals surface area (Å²) in [7, 11) is -2.94. The molecule has 0 amide bonds. The molecule has 2 atom stereocenters. The number of alkyl halides is 3. The lowest BCUT2D eigenvalue weighted by Gasteiger charge is -2.21. The molecule has 1 heterocycles. The van der Waals surface area contributed by atoms with Crippen molar-refractivity contribution in [3.63, 3.8) is 0 Å². The molecule has 138 valence electrons. The lowest BCUT2D eigenvalue weighted by Crippen LogP contribution is -2.36. The Morgan fingerprint density at radius 1 is 1.29 bits per heavy atom. The number of esters is 1. The Labute approximate surface area is 136 Å². The fourth-order valence-corrected chi connectivity index (χ4v) is 5.10. The van der Waals surface area contributed by atoms with Crippen molar-refractivity contribution in [3.8, 4) is 0 Å². The van der Waals surface area contributed by atoms with Gasteiger partial charge in [-0.2, -0.15) is 13.2 Å². The molecule has 0 bridgehead atoms. The van der Waals surface area contributed by atoms with E-state index >= 15 is 0 Å². The van der Waals surface area contributed by atoms with Crippen LogP contribution >= 0.6 is 0 Å². The Balaban J connectivity index is 2.13. The second kappa shape index (κ2) is 6.17. The van der Waals surface area contributed by atoms with Crippen LogP contribution in [-0.2, 0) is 24.3 Å². The van der Waals surface area contributed by atoms with Gasteiger partial charge in [0, 0.05) is 13.1 Å². The molecule has 0 unspecified atom stereocenters. The van der Waals surface area contributed by atoms with E-state index in [0.29, 0.717) is 17.1 Å².